The van der Waals surface area contributed by atoms with Crippen molar-refractivity contribution in [3.05, 3.63) is 29.0 Å². The van der Waals surface area contributed by atoms with Crippen molar-refractivity contribution >= 4 is 0 Å². The quantitative estimate of drug-likeness (QED) is 0.568. The molecule has 1 rings (SSSR count). The molecule has 0 fully saturated rings. The molecule has 0 atom stereocenters. The van der Waals surface area contributed by atoms with E-state index >= 15 is 0 Å². The van der Waals surface area contributed by atoms with Gasteiger partial charge in [-0.1, -0.05) is 12.2 Å². The van der Waals surface area contributed by atoms with Gasteiger partial charge >= 0.3 is 5.69 Å². The summed E-state index contributed by atoms with van der Waals surface area (Å²) >= 11 is 0. The average Bonchev–Trinajstić information content (AvgIpc) is 2.29. The van der Waals surface area contributed by atoms with Gasteiger partial charge in [0, 0.05) is 7.05 Å². The second-order valence-corrected chi connectivity index (χ2v) is 2.25. The minimum absolute atomic E-state index is 0.203. The maximum absolute atomic E-state index is 10.9. The van der Waals surface area contributed by atoms with E-state index in [2.05, 4.69) is 4.98 Å². The Bertz CT molecular complexity index is 308. The van der Waals surface area contributed by atoms with Gasteiger partial charge in [-0.15, -0.1) is 0 Å². The lowest BCUT2D eigenvalue weighted by Crippen LogP contribution is -2.21. The standard InChI is InChI=1S/C7H11N3O/c1-3-4-5-10-7(11)8-6-9(10)2/h3-4,6H,5H2,1-2H3/b4-3+. The molecular weight excluding hydrogens is 142 g/mol. The highest BCUT2D eigenvalue weighted by atomic mass is 16.2. The number of aryl methyl sites for hydroxylation is 1. The lowest BCUT2D eigenvalue weighted by atomic mass is 10.5. The molecule has 4 nitrogen and oxygen atoms in total. The van der Waals surface area contributed by atoms with Crippen molar-refractivity contribution in [3.63, 3.8) is 0 Å². The molecule has 1 aromatic rings. The lowest BCUT2D eigenvalue weighted by Gasteiger charge is -1.99. The van der Waals surface area contributed by atoms with Gasteiger partial charge in [0.1, 0.15) is 6.33 Å². The van der Waals surface area contributed by atoms with Crippen molar-refractivity contribution in [2.75, 3.05) is 0 Å². The molecule has 0 aliphatic heterocycles. The monoisotopic (exact) mass is 153 g/mol. The highest BCUT2D eigenvalue weighted by Gasteiger charge is 1.96. The van der Waals surface area contributed by atoms with Gasteiger partial charge in [-0.2, -0.15) is 4.98 Å². The van der Waals surface area contributed by atoms with Crippen LogP contribution in [0.2, 0.25) is 0 Å². The zero-order valence-corrected chi connectivity index (χ0v) is 6.69. The van der Waals surface area contributed by atoms with Crippen LogP contribution in [0, 0.1) is 0 Å². The van der Waals surface area contributed by atoms with Gasteiger partial charge < -0.3 is 0 Å². The molecule has 60 valence electrons. The Hall–Kier alpha value is -1.32. The maximum atomic E-state index is 10.9. The molecule has 0 saturated heterocycles. The first-order valence-electron chi connectivity index (χ1n) is 3.45. The van der Waals surface area contributed by atoms with Crippen LogP contribution >= 0.6 is 0 Å². The second kappa shape index (κ2) is 3.18. The molecule has 0 bridgehead atoms. The number of rotatable bonds is 2. The van der Waals surface area contributed by atoms with Crippen LogP contribution in [0.25, 0.3) is 0 Å². The van der Waals surface area contributed by atoms with E-state index in [1.54, 1.807) is 16.4 Å². The molecule has 0 unspecified atom stereocenters. The molecule has 4 heteroatoms. The maximum Gasteiger partial charge on any atom is 0.364 e. The molecule has 0 amide bonds. The average molecular weight is 153 g/mol. The van der Waals surface area contributed by atoms with Gasteiger partial charge in [-0.05, 0) is 6.92 Å². The molecule has 1 heterocycles. The summed E-state index contributed by atoms with van der Waals surface area (Å²) in [6.07, 6.45) is 5.31. The minimum Gasteiger partial charge on any atom is -0.273 e. The zero-order valence-electron chi connectivity index (χ0n) is 6.69. The van der Waals surface area contributed by atoms with Crippen LogP contribution in [-0.2, 0) is 13.6 Å². The van der Waals surface area contributed by atoms with E-state index in [1.807, 2.05) is 19.1 Å². The molecule has 0 aromatic carbocycles. The molecule has 0 N–H and O–H groups in total. The largest absolute Gasteiger partial charge is 0.364 e. The first-order chi connectivity index (χ1) is 5.25. The van der Waals surface area contributed by atoms with Crippen molar-refractivity contribution in [1.29, 1.82) is 0 Å². The SMILES string of the molecule is C/C=C/Cn1c(=O)ncn1C. The minimum atomic E-state index is -0.203. The van der Waals surface area contributed by atoms with Gasteiger partial charge in [-0.3, -0.25) is 4.68 Å². The number of nitrogens with zero attached hydrogens (tertiary/aromatic N) is 3. The summed E-state index contributed by atoms with van der Waals surface area (Å²) < 4.78 is 3.21. The fraction of sp³-hybridized carbons (Fsp3) is 0.429. The fourth-order valence-corrected chi connectivity index (χ4v) is 0.809. The summed E-state index contributed by atoms with van der Waals surface area (Å²) in [5, 5.41) is 0. The fourth-order valence-electron chi connectivity index (χ4n) is 0.809. The van der Waals surface area contributed by atoms with Crippen molar-refractivity contribution in [1.82, 2.24) is 14.3 Å². The highest BCUT2D eigenvalue weighted by Crippen LogP contribution is 1.80. The van der Waals surface area contributed by atoms with E-state index in [-0.39, 0.29) is 5.69 Å². The lowest BCUT2D eigenvalue weighted by molar-refractivity contribution is 0.542. The Kier molecular flexibility index (Phi) is 2.25. The Morgan fingerprint density at radius 3 is 2.91 bits per heavy atom. The number of hydrogen-bond acceptors (Lipinski definition) is 2. The van der Waals surface area contributed by atoms with E-state index in [9.17, 15) is 4.79 Å². The predicted octanol–water partition coefficient (Wildman–Crippen LogP) is 0.158. The number of hydrogen-bond donors (Lipinski definition) is 0. The molecule has 0 aliphatic carbocycles. The van der Waals surface area contributed by atoms with Crippen molar-refractivity contribution in [2.45, 2.75) is 13.5 Å². The van der Waals surface area contributed by atoms with Crippen molar-refractivity contribution in [2.24, 2.45) is 7.05 Å². The summed E-state index contributed by atoms with van der Waals surface area (Å²) in [6, 6.07) is 0. The van der Waals surface area contributed by atoms with Crippen LogP contribution in [0.5, 0.6) is 0 Å². The second-order valence-electron chi connectivity index (χ2n) is 2.25. The van der Waals surface area contributed by atoms with Gasteiger partial charge in [0.05, 0.1) is 6.54 Å². The zero-order chi connectivity index (χ0) is 8.27. The molecular formula is C7H11N3O. The van der Waals surface area contributed by atoms with Gasteiger partial charge in [0.25, 0.3) is 0 Å². The Morgan fingerprint density at radius 1 is 1.73 bits per heavy atom. The predicted molar refractivity (Wildman–Crippen MR) is 42.3 cm³/mol. The van der Waals surface area contributed by atoms with Gasteiger partial charge in [0.2, 0.25) is 0 Å². The van der Waals surface area contributed by atoms with Crippen molar-refractivity contribution in [3.8, 4) is 0 Å². The summed E-state index contributed by atoms with van der Waals surface area (Å²) in [4.78, 5) is 14.5. The van der Waals surface area contributed by atoms with Crippen LogP contribution in [0.15, 0.2) is 23.3 Å². The third-order valence-corrected chi connectivity index (χ3v) is 1.45. The molecule has 0 spiro atoms. The topological polar surface area (TPSA) is 39.8 Å². The van der Waals surface area contributed by atoms with E-state index in [0.717, 1.165) is 0 Å². The number of allylic oxidation sites excluding steroid dienone is 2. The van der Waals surface area contributed by atoms with Crippen LogP contribution in [-0.4, -0.2) is 14.3 Å². The first kappa shape index (κ1) is 7.78. The van der Waals surface area contributed by atoms with E-state index in [1.165, 1.54) is 6.33 Å². The van der Waals surface area contributed by atoms with Crippen LogP contribution in [0.4, 0.5) is 0 Å². The third kappa shape index (κ3) is 1.58. The summed E-state index contributed by atoms with van der Waals surface area (Å²) in [5.41, 5.74) is -0.203. The normalized spacial score (nSPS) is 11.1. The molecule has 1 aromatic heterocycles. The van der Waals surface area contributed by atoms with Gasteiger partial charge in [0.15, 0.2) is 0 Å². The Morgan fingerprint density at radius 2 is 2.45 bits per heavy atom. The molecule has 0 saturated carbocycles. The van der Waals surface area contributed by atoms with Crippen LogP contribution < -0.4 is 5.69 Å². The van der Waals surface area contributed by atoms with Gasteiger partial charge in [-0.25, -0.2) is 9.48 Å². The summed E-state index contributed by atoms with van der Waals surface area (Å²) in [5.74, 6) is 0. The molecule has 11 heavy (non-hydrogen) atoms. The van der Waals surface area contributed by atoms with Crippen LogP contribution in [0.3, 0.4) is 0 Å². The van der Waals surface area contributed by atoms with E-state index < -0.39 is 0 Å². The molecule has 0 radical (unpaired) electrons. The smallest absolute Gasteiger partial charge is 0.273 e. The first-order valence-corrected chi connectivity index (χ1v) is 3.45. The summed E-state index contributed by atoms with van der Waals surface area (Å²) in [6.45, 7) is 2.51. The summed E-state index contributed by atoms with van der Waals surface area (Å²) in [7, 11) is 1.79. The Labute approximate surface area is 64.8 Å². The third-order valence-electron chi connectivity index (χ3n) is 1.45. The Balaban J connectivity index is 2.92. The highest BCUT2D eigenvalue weighted by molar-refractivity contribution is 4.78. The number of aromatic nitrogens is 3. The van der Waals surface area contributed by atoms with E-state index in [4.69, 9.17) is 0 Å². The molecule has 0 aliphatic rings. The van der Waals surface area contributed by atoms with E-state index in [0.29, 0.717) is 6.54 Å². The van der Waals surface area contributed by atoms with Crippen molar-refractivity contribution < 1.29 is 0 Å². The van der Waals surface area contributed by atoms with Crippen LogP contribution in [0.1, 0.15) is 6.92 Å².